The minimum absolute atomic E-state index is 0.0445. The quantitative estimate of drug-likeness (QED) is 0.586. The van der Waals surface area contributed by atoms with Gasteiger partial charge in [-0.25, -0.2) is 21.2 Å². The molecule has 9 heteroatoms. The minimum Gasteiger partial charge on any atom is -0.280 e. The van der Waals surface area contributed by atoms with E-state index in [1.165, 1.54) is 30.3 Å². The average molecular weight is 449 g/mol. The highest BCUT2D eigenvalue weighted by atomic mass is 32.2. The van der Waals surface area contributed by atoms with Crippen molar-refractivity contribution in [2.24, 2.45) is 0 Å². The first kappa shape index (κ1) is 21.8. The average Bonchev–Trinajstić information content (AvgIpc) is 2.64. The van der Waals surface area contributed by atoms with Gasteiger partial charge in [-0.15, -0.1) is 0 Å². The molecule has 0 aromatic heterocycles. The fourth-order valence-corrected chi connectivity index (χ4v) is 5.18. The Hall–Kier alpha value is -2.91. The van der Waals surface area contributed by atoms with Gasteiger partial charge in [0.2, 0.25) is 0 Å². The molecule has 0 aliphatic rings. The number of benzene rings is 3. The molecule has 3 aromatic carbocycles. The van der Waals surface area contributed by atoms with Crippen LogP contribution in [0.4, 0.5) is 15.8 Å². The molecule has 158 valence electrons. The van der Waals surface area contributed by atoms with Gasteiger partial charge >= 0.3 is 0 Å². The third kappa shape index (κ3) is 4.80. The Labute approximate surface area is 175 Å². The molecule has 2 N–H and O–H groups in total. The molecule has 0 unspecified atom stereocenters. The number of rotatable bonds is 6. The summed E-state index contributed by atoms with van der Waals surface area (Å²) in [5, 5.41) is 0. The van der Waals surface area contributed by atoms with E-state index in [1.807, 2.05) is 13.0 Å². The summed E-state index contributed by atoms with van der Waals surface area (Å²) in [6, 6.07) is 14.7. The van der Waals surface area contributed by atoms with E-state index in [1.54, 1.807) is 32.0 Å². The lowest BCUT2D eigenvalue weighted by Gasteiger charge is -2.14. The van der Waals surface area contributed by atoms with Crippen molar-refractivity contribution < 1.29 is 21.2 Å². The van der Waals surface area contributed by atoms with Crippen molar-refractivity contribution in [3.8, 4) is 0 Å². The van der Waals surface area contributed by atoms with Gasteiger partial charge in [0.25, 0.3) is 20.0 Å². The van der Waals surface area contributed by atoms with E-state index in [2.05, 4.69) is 9.44 Å². The first-order valence-corrected chi connectivity index (χ1v) is 11.9. The molecule has 3 rings (SSSR count). The van der Waals surface area contributed by atoms with Crippen LogP contribution in [0.3, 0.4) is 0 Å². The van der Waals surface area contributed by atoms with Crippen molar-refractivity contribution in [1.82, 2.24) is 0 Å². The molecule has 0 aliphatic carbocycles. The topological polar surface area (TPSA) is 92.3 Å². The van der Waals surface area contributed by atoms with Crippen LogP contribution in [-0.4, -0.2) is 16.8 Å². The number of hydrogen-bond donors (Lipinski definition) is 2. The second-order valence-electron chi connectivity index (χ2n) is 6.99. The summed E-state index contributed by atoms with van der Waals surface area (Å²) in [5.41, 5.74) is 2.38. The van der Waals surface area contributed by atoms with Crippen LogP contribution in [0.15, 0.2) is 70.5 Å². The number of hydrogen-bond acceptors (Lipinski definition) is 4. The molecule has 0 fully saturated rings. The Morgan fingerprint density at radius 3 is 2.13 bits per heavy atom. The lowest BCUT2D eigenvalue weighted by atomic mass is 10.2. The molecule has 0 atom stereocenters. The Morgan fingerprint density at radius 2 is 1.43 bits per heavy atom. The zero-order chi connectivity index (χ0) is 22.1. The summed E-state index contributed by atoms with van der Waals surface area (Å²) in [5.74, 6) is -0.893. The zero-order valence-electron chi connectivity index (χ0n) is 16.6. The van der Waals surface area contributed by atoms with E-state index in [0.717, 1.165) is 11.6 Å². The molecular weight excluding hydrogens is 427 g/mol. The van der Waals surface area contributed by atoms with Gasteiger partial charge in [-0.3, -0.25) is 9.44 Å². The van der Waals surface area contributed by atoms with Crippen LogP contribution in [0.1, 0.15) is 16.7 Å². The number of halogens is 1. The number of sulfonamides is 2. The maximum Gasteiger partial charge on any atom is 0.264 e. The molecule has 0 aliphatic heterocycles. The lowest BCUT2D eigenvalue weighted by Crippen LogP contribution is -2.17. The summed E-state index contributed by atoms with van der Waals surface area (Å²) in [7, 11) is -8.22. The molecule has 0 spiro atoms. The van der Waals surface area contributed by atoms with E-state index >= 15 is 0 Å². The Bertz CT molecular complexity index is 1320. The van der Waals surface area contributed by atoms with Gasteiger partial charge in [0.1, 0.15) is 10.7 Å². The van der Waals surface area contributed by atoms with Crippen LogP contribution in [0.5, 0.6) is 0 Å². The van der Waals surface area contributed by atoms with Crippen molar-refractivity contribution >= 4 is 31.4 Å². The molecule has 0 bridgehead atoms. The maximum atomic E-state index is 14.1. The van der Waals surface area contributed by atoms with Crippen LogP contribution in [0.2, 0.25) is 0 Å². The van der Waals surface area contributed by atoms with Crippen molar-refractivity contribution in [2.75, 3.05) is 9.44 Å². The highest BCUT2D eigenvalue weighted by Crippen LogP contribution is 2.26. The van der Waals surface area contributed by atoms with E-state index < -0.39 is 30.8 Å². The fraction of sp³-hybridized carbons (Fsp3) is 0.143. The molecule has 6 nitrogen and oxygen atoms in total. The van der Waals surface area contributed by atoms with E-state index in [-0.39, 0.29) is 10.6 Å². The third-order valence-corrected chi connectivity index (χ3v) is 7.17. The smallest absolute Gasteiger partial charge is 0.264 e. The van der Waals surface area contributed by atoms with Crippen molar-refractivity contribution in [3.05, 3.63) is 83.2 Å². The number of aryl methyl sites for hydroxylation is 3. The van der Waals surface area contributed by atoms with Crippen molar-refractivity contribution in [3.63, 3.8) is 0 Å². The van der Waals surface area contributed by atoms with Gasteiger partial charge in [0.05, 0.1) is 10.6 Å². The minimum atomic E-state index is -4.26. The molecule has 0 heterocycles. The summed E-state index contributed by atoms with van der Waals surface area (Å²) in [6.07, 6.45) is 0. The molecule has 0 saturated carbocycles. The Morgan fingerprint density at radius 1 is 0.733 bits per heavy atom. The first-order chi connectivity index (χ1) is 14.0. The van der Waals surface area contributed by atoms with Gasteiger partial charge in [-0.2, -0.15) is 0 Å². The monoisotopic (exact) mass is 448 g/mol. The summed E-state index contributed by atoms with van der Waals surface area (Å²) < 4.78 is 69.8. The summed E-state index contributed by atoms with van der Waals surface area (Å²) in [4.78, 5) is -0.634. The van der Waals surface area contributed by atoms with Crippen LogP contribution < -0.4 is 9.44 Å². The molecule has 0 saturated heterocycles. The van der Waals surface area contributed by atoms with Gasteiger partial charge in [-0.05, 0) is 73.9 Å². The molecule has 0 radical (unpaired) electrons. The number of nitrogens with one attached hydrogen (secondary N) is 2. The van der Waals surface area contributed by atoms with Gasteiger partial charge in [0.15, 0.2) is 0 Å². The van der Waals surface area contributed by atoms with Gasteiger partial charge in [0, 0.05) is 5.69 Å². The maximum absolute atomic E-state index is 14.1. The molecule has 3 aromatic rings. The second kappa shape index (κ2) is 8.08. The third-order valence-electron chi connectivity index (χ3n) is 4.41. The summed E-state index contributed by atoms with van der Waals surface area (Å²) in [6.45, 7) is 5.10. The highest BCUT2D eigenvalue weighted by molar-refractivity contribution is 7.93. The van der Waals surface area contributed by atoms with Crippen LogP contribution in [0.25, 0.3) is 0 Å². The normalized spacial score (nSPS) is 11.9. The van der Waals surface area contributed by atoms with Crippen LogP contribution in [0, 0.1) is 26.6 Å². The largest absolute Gasteiger partial charge is 0.280 e. The van der Waals surface area contributed by atoms with E-state index in [0.29, 0.717) is 16.8 Å². The second-order valence-corrected chi connectivity index (χ2v) is 10.3. The van der Waals surface area contributed by atoms with E-state index in [9.17, 15) is 21.2 Å². The first-order valence-electron chi connectivity index (χ1n) is 8.97. The Balaban J connectivity index is 1.96. The van der Waals surface area contributed by atoms with Crippen LogP contribution >= 0.6 is 0 Å². The highest BCUT2D eigenvalue weighted by Gasteiger charge is 2.22. The van der Waals surface area contributed by atoms with Crippen molar-refractivity contribution in [1.29, 1.82) is 0 Å². The zero-order valence-corrected chi connectivity index (χ0v) is 18.2. The summed E-state index contributed by atoms with van der Waals surface area (Å²) >= 11 is 0. The SMILES string of the molecule is Cc1cccc(NS(=O)(=O)c2ccc(C)c(NS(=O)(=O)c3cc(C)ccc3F)c2)c1. The Kier molecular flexibility index (Phi) is 5.87. The predicted molar refractivity (Wildman–Crippen MR) is 115 cm³/mol. The van der Waals surface area contributed by atoms with Crippen LogP contribution in [-0.2, 0) is 20.0 Å². The van der Waals surface area contributed by atoms with E-state index in [4.69, 9.17) is 0 Å². The standard InChI is InChI=1S/C21H21FN2O4S2/c1-14-5-4-6-17(11-14)23-29(25,26)18-9-8-16(3)20(13-18)24-30(27,28)21-12-15(2)7-10-19(21)22/h4-13,23-24H,1-3H3. The lowest BCUT2D eigenvalue weighted by molar-refractivity contribution is 0.569. The fourth-order valence-electron chi connectivity index (χ4n) is 2.82. The molecular formula is C21H21FN2O4S2. The molecule has 0 amide bonds. The van der Waals surface area contributed by atoms with Gasteiger partial charge < -0.3 is 0 Å². The molecule has 30 heavy (non-hydrogen) atoms. The van der Waals surface area contributed by atoms with Gasteiger partial charge in [-0.1, -0.05) is 24.3 Å². The predicted octanol–water partition coefficient (Wildman–Crippen LogP) is 4.35. The van der Waals surface area contributed by atoms with Crippen molar-refractivity contribution in [2.45, 2.75) is 30.6 Å². The number of anilines is 2.